The number of amides is 1. The van der Waals surface area contributed by atoms with E-state index in [1.165, 1.54) is 5.39 Å². The van der Waals surface area contributed by atoms with Crippen LogP contribution in [-0.2, 0) is 4.79 Å². The molecule has 0 bridgehead atoms. The van der Waals surface area contributed by atoms with Crippen LogP contribution >= 0.6 is 12.4 Å². The largest absolute Gasteiger partial charge is 0.492 e. The Kier molecular flexibility index (Phi) is 6.88. The lowest BCUT2D eigenvalue weighted by Gasteiger charge is -2.27. The molecule has 3 rings (SSSR count). The molecule has 2 aromatic carbocycles. The summed E-state index contributed by atoms with van der Waals surface area (Å²) in [4.78, 5) is 12.1. The van der Waals surface area contributed by atoms with E-state index in [2.05, 4.69) is 35.8 Å². The molecule has 0 radical (unpaired) electrons. The molecule has 1 amide bonds. The molecule has 4 nitrogen and oxygen atoms in total. The standard InChI is InChI=1S/C19H24N2O2.ClH/c1-14-12-17(8-9-20-14)19(22)21-10-11-23-18-7-6-15-4-2-3-5-16(15)13-18;/h2-7,13-14,17,20H,8-12H2,1H3,(H,21,22);1H/t14-,17-;/m0./s1. The van der Waals surface area contributed by atoms with Gasteiger partial charge < -0.3 is 15.4 Å². The summed E-state index contributed by atoms with van der Waals surface area (Å²) in [7, 11) is 0. The van der Waals surface area contributed by atoms with Gasteiger partial charge in [0.05, 0.1) is 6.54 Å². The summed E-state index contributed by atoms with van der Waals surface area (Å²) < 4.78 is 5.75. The normalized spacial score (nSPS) is 20.2. The Morgan fingerprint density at radius 1 is 1.25 bits per heavy atom. The van der Waals surface area contributed by atoms with Gasteiger partial charge in [-0.25, -0.2) is 0 Å². The third-order valence-corrected chi connectivity index (χ3v) is 4.39. The second kappa shape index (κ2) is 8.90. The van der Waals surface area contributed by atoms with E-state index in [1.54, 1.807) is 0 Å². The summed E-state index contributed by atoms with van der Waals surface area (Å²) >= 11 is 0. The average Bonchev–Trinajstić information content (AvgIpc) is 2.58. The van der Waals surface area contributed by atoms with Gasteiger partial charge in [-0.15, -0.1) is 12.4 Å². The smallest absolute Gasteiger partial charge is 0.223 e. The molecule has 130 valence electrons. The predicted molar refractivity (Wildman–Crippen MR) is 99.9 cm³/mol. The molecule has 2 N–H and O–H groups in total. The highest BCUT2D eigenvalue weighted by atomic mass is 35.5. The fourth-order valence-electron chi connectivity index (χ4n) is 3.11. The van der Waals surface area contributed by atoms with Crippen LogP contribution in [0.1, 0.15) is 19.8 Å². The third-order valence-electron chi connectivity index (χ3n) is 4.39. The van der Waals surface area contributed by atoms with E-state index in [0.29, 0.717) is 19.2 Å². The summed E-state index contributed by atoms with van der Waals surface area (Å²) in [6.07, 6.45) is 1.83. The van der Waals surface area contributed by atoms with Crippen LogP contribution in [0, 0.1) is 5.92 Å². The second-order valence-electron chi connectivity index (χ2n) is 6.22. The molecule has 0 saturated carbocycles. The van der Waals surface area contributed by atoms with Crippen molar-refractivity contribution in [2.75, 3.05) is 19.7 Å². The van der Waals surface area contributed by atoms with Crippen molar-refractivity contribution in [1.29, 1.82) is 0 Å². The predicted octanol–water partition coefficient (Wildman–Crippen LogP) is 3.14. The molecule has 0 aromatic heterocycles. The fraction of sp³-hybridized carbons (Fsp3) is 0.421. The number of halogens is 1. The highest BCUT2D eigenvalue weighted by Crippen LogP contribution is 2.20. The number of hydrogen-bond donors (Lipinski definition) is 2. The fourth-order valence-corrected chi connectivity index (χ4v) is 3.11. The van der Waals surface area contributed by atoms with Crippen LogP contribution in [0.2, 0.25) is 0 Å². The Balaban J connectivity index is 0.00000208. The number of ether oxygens (including phenoxy) is 1. The number of rotatable bonds is 5. The lowest BCUT2D eigenvalue weighted by atomic mass is 9.92. The summed E-state index contributed by atoms with van der Waals surface area (Å²) in [6.45, 7) is 4.09. The van der Waals surface area contributed by atoms with E-state index in [9.17, 15) is 4.79 Å². The Labute approximate surface area is 149 Å². The molecule has 0 aliphatic carbocycles. The molecule has 5 heteroatoms. The summed E-state index contributed by atoms with van der Waals surface area (Å²) in [6, 6.07) is 14.7. The van der Waals surface area contributed by atoms with Crippen molar-refractivity contribution >= 4 is 29.1 Å². The minimum absolute atomic E-state index is 0. The van der Waals surface area contributed by atoms with Crippen molar-refractivity contribution in [3.8, 4) is 5.75 Å². The zero-order chi connectivity index (χ0) is 16.1. The van der Waals surface area contributed by atoms with Crippen molar-refractivity contribution < 1.29 is 9.53 Å². The summed E-state index contributed by atoms with van der Waals surface area (Å²) in [5.41, 5.74) is 0. The Bertz CT molecular complexity index is 677. The van der Waals surface area contributed by atoms with Gasteiger partial charge in [0.25, 0.3) is 0 Å². The highest BCUT2D eigenvalue weighted by molar-refractivity contribution is 5.85. The van der Waals surface area contributed by atoms with Gasteiger partial charge >= 0.3 is 0 Å². The minimum Gasteiger partial charge on any atom is -0.492 e. The maximum absolute atomic E-state index is 12.1. The van der Waals surface area contributed by atoms with E-state index in [4.69, 9.17) is 4.74 Å². The van der Waals surface area contributed by atoms with Gasteiger partial charge in [0.15, 0.2) is 0 Å². The minimum atomic E-state index is 0. The summed E-state index contributed by atoms with van der Waals surface area (Å²) in [5, 5.41) is 8.72. The van der Waals surface area contributed by atoms with Crippen LogP contribution in [0.5, 0.6) is 5.75 Å². The van der Waals surface area contributed by atoms with Crippen molar-refractivity contribution in [3.63, 3.8) is 0 Å². The molecule has 0 spiro atoms. The van der Waals surface area contributed by atoms with Crippen LogP contribution in [0.4, 0.5) is 0 Å². The molecule has 1 aliphatic heterocycles. The van der Waals surface area contributed by atoms with Crippen molar-refractivity contribution in [2.24, 2.45) is 5.92 Å². The molecule has 2 atom stereocenters. The Hall–Kier alpha value is -1.78. The van der Waals surface area contributed by atoms with Gasteiger partial charge in [-0.05, 0) is 49.2 Å². The first-order valence-corrected chi connectivity index (χ1v) is 8.35. The van der Waals surface area contributed by atoms with Crippen LogP contribution in [-0.4, -0.2) is 31.6 Å². The average molecular weight is 349 g/mol. The first-order chi connectivity index (χ1) is 11.2. The molecule has 1 saturated heterocycles. The Morgan fingerprint density at radius 3 is 2.83 bits per heavy atom. The topological polar surface area (TPSA) is 50.4 Å². The molecule has 0 unspecified atom stereocenters. The van der Waals surface area contributed by atoms with Gasteiger partial charge in [-0.3, -0.25) is 4.79 Å². The van der Waals surface area contributed by atoms with Crippen LogP contribution < -0.4 is 15.4 Å². The number of carbonyl (C=O) groups excluding carboxylic acids is 1. The Morgan fingerprint density at radius 2 is 2.04 bits per heavy atom. The van der Waals surface area contributed by atoms with Gasteiger partial charge in [-0.1, -0.05) is 30.3 Å². The lowest BCUT2D eigenvalue weighted by Crippen LogP contribution is -2.43. The van der Waals surface area contributed by atoms with Crippen LogP contribution in [0.25, 0.3) is 10.8 Å². The number of piperidine rings is 1. The number of hydrogen-bond acceptors (Lipinski definition) is 3. The van der Waals surface area contributed by atoms with Crippen molar-refractivity contribution in [1.82, 2.24) is 10.6 Å². The molecular formula is C19H25ClN2O2. The molecule has 24 heavy (non-hydrogen) atoms. The monoisotopic (exact) mass is 348 g/mol. The highest BCUT2D eigenvalue weighted by Gasteiger charge is 2.24. The third kappa shape index (κ3) is 4.86. The van der Waals surface area contributed by atoms with E-state index in [-0.39, 0.29) is 24.2 Å². The zero-order valence-corrected chi connectivity index (χ0v) is 14.8. The molecular weight excluding hydrogens is 324 g/mol. The van der Waals surface area contributed by atoms with Crippen molar-refractivity contribution in [2.45, 2.75) is 25.8 Å². The van der Waals surface area contributed by atoms with Gasteiger partial charge in [0.2, 0.25) is 5.91 Å². The van der Waals surface area contributed by atoms with Gasteiger partial charge in [-0.2, -0.15) is 0 Å². The molecule has 2 aromatic rings. The first-order valence-electron chi connectivity index (χ1n) is 8.35. The molecule has 1 fully saturated rings. The number of fused-ring (bicyclic) bond motifs is 1. The second-order valence-corrected chi connectivity index (χ2v) is 6.22. The molecule has 1 aliphatic rings. The van der Waals surface area contributed by atoms with Gasteiger partial charge in [0.1, 0.15) is 12.4 Å². The van der Waals surface area contributed by atoms with E-state index in [0.717, 1.165) is 30.5 Å². The SMILES string of the molecule is C[C@H]1C[C@@H](C(=O)NCCOc2ccc3ccccc3c2)CCN1.Cl. The first kappa shape index (κ1) is 18.6. The van der Waals surface area contributed by atoms with E-state index >= 15 is 0 Å². The van der Waals surface area contributed by atoms with Gasteiger partial charge in [0, 0.05) is 12.0 Å². The van der Waals surface area contributed by atoms with Crippen molar-refractivity contribution in [3.05, 3.63) is 42.5 Å². The maximum atomic E-state index is 12.1. The van der Waals surface area contributed by atoms with Crippen LogP contribution in [0.3, 0.4) is 0 Å². The quantitative estimate of drug-likeness (QED) is 0.816. The maximum Gasteiger partial charge on any atom is 0.223 e. The van der Waals surface area contributed by atoms with E-state index in [1.807, 2.05) is 24.3 Å². The lowest BCUT2D eigenvalue weighted by molar-refractivity contribution is -0.126. The molecule has 1 heterocycles. The zero-order valence-electron chi connectivity index (χ0n) is 14.0. The summed E-state index contributed by atoms with van der Waals surface area (Å²) in [5.74, 6) is 1.13. The number of carbonyl (C=O) groups is 1. The van der Waals surface area contributed by atoms with E-state index < -0.39 is 0 Å². The number of nitrogens with one attached hydrogen (secondary N) is 2. The number of benzene rings is 2. The van der Waals surface area contributed by atoms with Crippen LogP contribution in [0.15, 0.2) is 42.5 Å².